The second-order valence-corrected chi connectivity index (χ2v) is 6.40. The monoisotopic (exact) mass is 348 g/mol. The first-order valence-electron chi connectivity index (χ1n) is 8.15. The van der Waals surface area contributed by atoms with Crippen LogP contribution in [0.5, 0.6) is 0 Å². The van der Waals surface area contributed by atoms with Crippen LogP contribution in [0.15, 0.2) is 35.1 Å². The van der Waals surface area contributed by atoms with E-state index in [1.165, 1.54) is 6.39 Å². The van der Waals surface area contributed by atoms with E-state index in [-0.39, 0.29) is 5.91 Å². The minimum Gasteiger partial charge on any atom is -0.423 e. The average Bonchev–Trinajstić information content (AvgIpc) is 3.15. The standard InChI is InChI=1S/C17H24N4O2S/c1-3-21(4-2)9-10-24-12-16(22)18-11-14-5-7-15(8-6-14)17-20-19-13-23-17/h5-8,13H,3-4,9-12H2,1-2H3,(H,18,22). The van der Waals surface area contributed by atoms with Crippen LogP contribution in [0.4, 0.5) is 0 Å². The predicted octanol–water partition coefficient (Wildman–Crippen LogP) is 2.43. The Morgan fingerprint density at radius 2 is 2.00 bits per heavy atom. The van der Waals surface area contributed by atoms with Gasteiger partial charge < -0.3 is 14.6 Å². The smallest absolute Gasteiger partial charge is 0.247 e. The Hall–Kier alpha value is -1.86. The third-order valence-corrected chi connectivity index (χ3v) is 4.67. The van der Waals surface area contributed by atoms with E-state index in [0.717, 1.165) is 36.5 Å². The second kappa shape index (κ2) is 10.1. The summed E-state index contributed by atoms with van der Waals surface area (Å²) in [5.41, 5.74) is 1.91. The largest absolute Gasteiger partial charge is 0.423 e. The highest BCUT2D eigenvalue weighted by atomic mass is 32.2. The summed E-state index contributed by atoms with van der Waals surface area (Å²) in [5, 5.41) is 10.5. The molecule has 2 aromatic rings. The van der Waals surface area contributed by atoms with Crippen LogP contribution in [0, 0.1) is 0 Å². The first-order chi connectivity index (χ1) is 11.7. The number of benzene rings is 1. The molecule has 1 heterocycles. The highest BCUT2D eigenvalue weighted by Gasteiger charge is 2.05. The maximum absolute atomic E-state index is 11.9. The molecule has 1 N–H and O–H groups in total. The summed E-state index contributed by atoms with van der Waals surface area (Å²) in [5.74, 6) is 2.05. The Kier molecular flexibility index (Phi) is 7.77. The Balaban J connectivity index is 1.66. The Morgan fingerprint density at radius 3 is 2.62 bits per heavy atom. The van der Waals surface area contributed by atoms with Crippen molar-refractivity contribution in [2.45, 2.75) is 20.4 Å². The zero-order valence-electron chi connectivity index (χ0n) is 14.2. The minimum absolute atomic E-state index is 0.0699. The van der Waals surface area contributed by atoms with Gasteiger partial charge in [0.25, 0.3) is 0 Å². The lowest BCUT2D eigenvalue weighted by molar-refractivity contribution is -0.118. The van der Waals surface area contributed by atoms with Crippen molar-refractivity contribution in [3.05, 3.63) is 36.2 Å². The number of carbonyl (C=O) groups excluding carboxylic acids is 1. The van der Waals surface area contributed by atoms with Crippen molar-refractivity contribution in [3.8, 4) is 11.5 Å². The van der Waals surface area contributed by atoms with Gasteiger partial charge in [0.15, 0.2) is 0 Å². The van der Waals surface area contributed by atoms with Crippen LogP contribution in [0.25, 0.3) is 11.5 Å². The molecule has 0 aliphatic rings. The second-order valence-electron chi connectivity index (χ2n) is 5.30. The molecule has 130 valence electrons. The van der Waals surface area contributed by atoms with Gasteiger partial charge in [-0.2, -0.15) is 11.8 Å². The van der Waals surface area contributed by atoms with E-state index < -0.39 is 0 Å². The average molecular weight is 348 g/mol. The van der Waals surface area contributed by atoms with Crippen LogP contribution < -0.4 is 5.32 Å². The highest BCUT2D eigenvalue weighted by molar-refractivity contribution is 7.99. The lowest BCUT2D eigenvalue weighted by Crippen LogP contribution is -2.27. The van der Waals surface area contributed by atoms with E-state index in [0.29, 0.717) is 18.2 Å². The molecule has 0 aliphatic heterocycles. The van der Waals surface area contributed by atoms with Crippen molar-refractivity contribution in [1.82, 2.24) is 20.4 Å². The molecule has 0 fully saturated rings. The summed E-state index contributed by atoms with van der Waals surface area (Å²) in [6, 6.07) is 7.72. The Labute approximate surface area is 147 Å². The summed E-state index contributed by atoms with van der Waals surface area (Å²) in [7, 11) is 0. The van der Waals surface area contributed by atoms with Gasteiger partial charge in [0.05, 0.1) is 5.75 Å². The number of rotatable bonds is 10. The number of hydrogen-bond acceptors (Lipinski definition) is 6. The van der Waals surface area contributed by atoms with Crippen LogP contribution in [-0.2, 0) is 11.3 Å². The molecule has 1 aromatic heterocycles. The van der Waals surface area contributed by atoms with Crippen LogP contribution in [0.2, 0.25) is 0 Å². The number of hydrogen-bond donors (Lipinski definition) is 1. The summed E-state index contributed by atoms with van der Waals surface area (Å²) < 4.78 is 5.15. The van der Waals surface area contributed by atoms with Gasteiger partial charge in [-0.1, -0.05) is 26.0 Å². The van der Waals surface area contributed by atoms with E-state index in [9.17, 15) is 4.79 Å². The maximum atomic E-state index is 11.9. The van der Waals surface area contributed by atoms with E-state index in [2.05, 4.69) is 34.3 Å². The molecular formula is C17H24N4O2S. The number of aromatic nitrogens is 2. The topological polar surface area (TPSA) is 71.3 Å². The van der Waals surface area contributed by atoms with Gasteiger partial charge in [-0.3, -0.25) is 4.79 Å². The number of nitrogens with one attached hydrogen (secondary N) is 1. The molecule has 0 saturated carbocycles. The molecule has 0 atom stereocenters. The molecule has 0 radical (unpaired) electrons. The molecule has 6 nitrogen and oxygen atoms in total. The molecule has 0 unspecified atom stereocenters. The normalized spacial score (nSPS) is 11.0. The molecular weight excluding hydrogens is 324 g/mol. The van der Waals surface area contributed by atoms with Crippen LogP contribution >= 0.6 is 11.8 Å². The zero-order chi connectivity index (χ0) is 17.2. The van der Waals surface area contributed by atoms with Crippen molar-refractivity contribution < 1.29 is 9.21 Å². The summed E-state index contributed by atoms with van der Waals surface area (Å²) in [4.78, 5) is 14.2. The fourth-order valence-electron chi connectivity index (χ4n) is 2.21. The summed E-state index contributed by atoms with van der Waals surface area (Å²) in [6.45, 7) is 7.99. The van der Waals surface area contributed by atoms with Gasteiger partial charge in [0.1, 0.15) is 0 Å². The maximum Gasteiger partial charge on any atom is 0.247 e. The molecule has 2 rings (SSSR count). The third kappa shape index (κ3) is 5.98. The number of carbonyl (C=O) groups is 1. The lowest BCUT2D eigenvalue weighted by Gasteiger charge is -2.17. The molecule has 24 heavy (non-hydrogen) atoms. The van der Waals surface area contributed by atoms with E-state index >= 15 is 0 Å². The van der Waals surface area contributed by atoms with E-state index in [1.807, 2.05) is 24.3 Å². The van der Waals surface area contributed by atoms with Crippen LogP contribution in [0.3, 0.4) is 0 Å². The first-order valence-corrected chi connectivity index (χ1v) is 9.30. The number of nitrogens with zero attached hydrogens (tertiary/aromatic N) is 3. The van der Waals surface area contributed by atoms with Crippen molar-refractivity contribution in [1.29, 1.82) is 0 Å². The van der Waals surface area contributed by atoms with Crippen molar-refractivity contribution in [2.24, 2.45) is 0 Å². The zero-order valence-corrected chi connectivity index (χ0v) is 15.0. The van der Waals surface area contributed by atoms with Gasteiger partial charge >= 0.3 is 0 Å². The summed E-state index contributed by atoms with van der Waals surface area (Å²) in [6.07, 6.45) is 1.31. The van der Waals surface area contributed by atoms with Crippen molar-refractivity contribution in [3.63, 3.8) is 0 Å². The van der Waals surface area contributed by atoms with Gasteiger partial charge in [0.2, 0.25) is 18.2 Å². The quantitative estimate of drug-likeness (QED) is 0.665. The van der Waals surface area contributed by atoms with Crippen LogP contribution in [0.1, 0.15) is 19.4 Å². The molecule has 1 amide bonds. The molecule has 1 aromatic carbocycles. The fourth-order valence-corrected chi connectivity index (χ4v) is 3.03. The molecule has 0 bridgehead atoms. The summed E-state index contributed by atoms with van der Waals surface area (Å²) >= 11 is 1.67. The predicted molar refractivity (Wildman–Crippen MR) is 96.7 cm³/mol. The van der Waals surface area contributed by atoms with Crippen molar-refractivity contribution >= 4 is 17.7 Å². The van der Waals surface area contributed by atoms with Gasteiger partial charge in [-0.25, -0.2) is 0 Å². The lowest BCUT2D eigenvalue weighted by atomic mass is 10.1. The molecule has 0 aliphatic carbocycles. The van der Waals surface area contributed by atoms with E-state index in [1.54, 1.807) is 11.8 Å². The van der Waals surface area contributed by atoms with E-state index in [4.69, 9.17) is 4.42 Å². The van der Waals surface area contributed by atoms with Gasteiger partial charge in [-0.05, 0) is 30.8 Å². The van der Waals surface area contributed by atoms with Crippen LogP contribution in [-0.4, -0.2) is 52.1 Å². The first kappa shape index (κ1) is 18.5. The highest BCUT2D eigenvalue weighted by Crippen LogP contribution is 2.16. The molecule has 0 saturated heterocycles. The number of thioether (sulfide) groups is 1. The SMILES string of the molecule is CCN(CC)CCSCC(=O)NCc1ccc(-c2nnco2)cc1. The number of amides is 1. The minimum atomic E-state index is 0.0699. The fraction of sp³-hybridized carbons (Fsp3) is 0.471. The Bertz CT molecular complexity index is 598. The van der Waals surface area contributed by atoms with Crippen molar-refractivity contribution in [2.75, 3.05) is 31.1 Å². The molecule has 0 spiro atoms. The molecule has 7 heteroatoms. The van der Waals surface area contributed by atoms with Gasteiger partial charge in [-0.15, -0.1) is 10.2 Å². The Morgan fingerprint density at radius 1 is 1.25 bits per heavy atom. The third-order valence-electron chi connectivity index (χ3n) is 3.73. The van der Waals surface area contributed by atoms with Gasteiger partial charge in [0, 0.05) is 24.4 Å².